The molecule has 1 atom stereocenters. The number of nitrogens with one attached hydrogen (secondary N) is 2. The summed E-state index contributed by atoms with van der Waals surface area (Å²) in [5.41, 5.74) is 1.48. The molecule has 0 aliphatic carbocycles. The molecule has 0 spiro atoms. The molecule has 1 unspecified atom stereocenters. The average Bonchev–Trinajstić information content (AvgIpc) is 3.21. The number of nitrogens with zero attached hydrogens (tertiary/aromatic N) is 2. The van der Waals surface area contributed by atoms with Gasteiger partial charge in [-0.1, -0.05) is 12.1 Å². The van der Waals surface area contributed by atoms with Crippen LogP contribution < -0.4 is 15.4 Å². The van der Waals surface area contributed by atoms with Crippen LogP contribution >= 0.6 is 0 Å². The van der Waals surface area contributed by atoms with Gasteiger partial charge >= 0.3 is 0 Å². The lowest BCUT2D eigenvalue weighted by Crippen LogP contribution is -2.30. The van der Waals surface area contributed by atoms with Crippen LogP contribution in [0.1, 0.15) is 17.9 Å². The molecule has 3 aromatic rings. The van der Waals surface area contributed by atoms with Crippen molar-refractivity contribution >= 4 is 23.2 Å². The first-order valence-electron chi connectivity index (χ1n) is 9.19. The number of ether oxygens (including phenoxy) is 1. The highest BCUT2D eigenvalue weighted by Gasteiger charge is 2.31. The van der Waals surface area contributed by atoms with Crippen molar-refractivity contribution in [2.24, 2.45) is 0 Å². The Morgan fingerprint density at radius 2 is 2.17 bits per heavy atom. The van der Waals surface area contributed by atoms with E-state index in [1.165, 1.54) is 18.2 Å². The maximum Gasteiger partial charge on any atom is 0.232 e. The number of fused-ring (bicyclic) bond motifs is 1. The summed E-state index contributed by atoms with van der Waals surface area (Å²) in [5.74, 6) is -1.20. The third kappa shape index (κ3) is 4.43. The van der Waals surface area contributed by atoms with E-state index in [0.717, 1.165) is 0 Å². The summed E-state index contributed by atoms with van der Waals surface area (Å²) >= 11 is 0. The summed E-state index contributed by atoms with van der Waals surface area (Å²) in [5, 5.41) is 9.54. The zero-order valence-corrected chi connectivity index (χ0v) is 15.5. The van der Waals surface area contributed by atoms with Gasteiger partial charge in [-0.15, -0.1) is 0 Å². The number of anilines is 2. The second-order valence-corrected chi connectivity index (χ2v) is 6.67. The van der Waals surface area contributed by atoms with Gasteiger partial charge in [0.15, 0.2) is 0 Å². The van der Waals surface area contributed by atoms with Crippen molar-refractivity contribution in [3.8, 4) is 5.75 Å². The molecule has 1 aliphatic heterocycles. The van der Waals surface area contributed by atoms with Crippen LogP contribution in [0.25, 0.3) is 0 Å². The van der Waals surface area contributed by atoms with E-state index in [-0.39, 0.29) is 18.2 Å². The van der Waals surface area contributed by atoms with Crippen LogP contribution in [0.4, 0.5) is 15.8 Å². The minimum atomic E-state index is -0.691. The molecule has 7 nitrogen and oxygen atoms in total. The van der Waals surface area contributed by atoms with Gasteiger partial charge in [0.2, 0.25) is 11.8 Å². The molecule has 8 heteroatoms. The lowest BCUT2D eigenvalue weighted by Gasteiger charge is -2.25. The molecule has 148 valence electrons. The first-order valence-corrected chi connectivity index (χ1v) is 9.19. The first-order chi connectivity index (χ1) is 14.1. The summed E-state index contributed by atoms with van der Waals surface area (Å²) < 4.78 is 20.9. The molecular weight excluding hydrogens is 375 g/mol. The summed E-state index contributed by atoms with van der Waals surface area (Å²) in [6.45, 7) is 1.04. The zero-order valence-electron chi connectivity index (χ0n) is 15.5. The number of benzene rings is 2. The predicted octanol–water partition coefficient (Wildman–Crippen LogP) is 3.17. The van der Waals surface area contributed by atoms with Gasteiger partial charge in [0.05, 0.1) is 12.5 Å². The van der Waals surface area contributed by atoms with Crippen LogP contribution in [0.15, 0.2) is 60.9 Å². The highest BCUT2D eigenvalue weighted by atomic mass is 19.1. The quantitative estimate of drug-likeness (QED) is 0.673. The fourth-order valence-corrected chi connectivity index (χ4v) is 3.25. The number of halogens is 1. The Labute approximate surface area is 166 Å². The lowest BCUT2D eigenvalue weighted by molar-refractivity contribution is -0.123. The lowest BCUT2D eigenvalue weighted by atomic mass is 9.89. The third-order valence-electron chi connectivity index (χ3n) is 4.62. The molecule has 2 N–H and O–H groups in total. The maximum absolute atomic E-state index is 13.5. The van der Waals surface area contributed by atoms with Gasteiger partial charge in [0.25, 0.3) is 0 Å². The molecule has 0 saturated carbocycles. The number of hydrogen-bond donors (Lipinski definition) is 2. The zero-order chi connectivity index (χ0) is 20.2. The monoisotopic (exact) mass is 394 g/mol. The highest BCUT2D eigenvalue weighted by molar-refractivity contribution is 6.05. The molecule has 0 fully saturated rings. The Bertz CT molecular complexity index is 1040. The largest absolute Gasteiger partial charge is 0.492 e. The van der Waals surface area contributed by atoms with Gasteiger partial charge in [-0.3, -0.25) is 14.3 Å². The van der Waals surface area contributed by atoms with E-state index >= 15 is 0 Å². The van der Waals surface area contributed by atoms with Crippen molar-refractivity contribution in [2.75, 3.05) is 17.2 Å². The van der Waals surface area contributed by atoms with Crippen LogP contribution in [0.2, 0.25) is 0 Å². The first kappa shape index (κ1) is 18.7. The summed E-state index contributed by atoms with van der Waals surface area (Å²) in [6.07, 6.45) is 3.56. The Morgan fingerprint density at radius 3 is 3.00 bits per heavy atom. The molecule has 0 bridgehead atoms. The number of carbonyl (C=O) groups excluding carboxylic acids is 2. The molecule has 0 saturated heterocycles. The normalized spacial score (nSPS) is 15.3. The van der Waals surface area contributed by atoms with Crippen molar-refractivity contribution in [3.05, 3.63) is 72.3 Å². The fourth-order valence-electron chi connectivity index (χ4n) is 3.25. The van der Waals surface area contributed by atoms with Crippen LogP contribution in [0.3, 0.4) is 0 Å². The molecular formula is C21H19FN4O3. The van der Waals surface area contributed by atoms with Gasteiger partial charge in [-0.2, -0.15) is 5.10 Å². The molecule has 4 rings (SSSR count). The molecule has 1 aromatic heterocycles. The van der Waals surface area contributed by atoms with Crippen molar-refractivity contribution in [1.29, 1.82) is 0 Å². The minimum Gasteiger partial charge on any atom is -0.492 e. The number of rotatable bonds is 6. The van der Waals surface area contributed by atoms with E-state index in [0.29, 0.717) is 35.8 Å². The van der Waals surface area contributed by atoms with E-state index in [4.69, 9.17) is 4.74 Å². The van der Waals surface area contributed by atoms with Crippen molar-refractivity contribution in [3.63, 3.8) is 0 Å². The van der Waals surface area contributed by atoms with E-state index in [9.17, 15) is 14.0 Å². The second-order valence-electron chi connectivity index (χ2n) is 6.67. The number of aromatic nitrogens is 2. The molecule has 2 aromatic carbocycles. The Kier molecular flexibility index (Phi) is 5.24. The van der Waals surface area contributed by atoms with Gasteiger partial charge in [0.1, 0.15) is 18.2 Å². The minimum absolute atomic E-state index is 0.00449. The van der Waals surface area contributed by atoms with Gasteiger partial charge in [0, 0.05) is 36.3 Å². The van der Waals surface area contributed by atoms with E-state index < -0.39 is 11.7 Å². The smallest absolute Gasteiger partial charge is 0.232 e. The number of hydrogen-bond acceptors (Lipinski definition) is 4. The molecule has 29 heavy (non-hydrogen) atoms. The topological polar surface area (TPSA) is 85.2 Å². The summed E-state index contributed by atoms with van der Waals surface area (Å²) in [7, 11) is 0. The summed E-state index contributed by atoms with van der Waals surface area (Å²) in [6, 6.07) is 12.9. The van der Waals surface area contributed by atoms with Crippen molar-refractivity contribution in [2.45, 2.75) is 18.9 Å². The van der Waals surface area contributed by atoms with Crippen molar-refractivity contribution < 1.29 is 18.7 Å². The van der Waals surface area contributed by atoms with E-state index in [2.05, 4.69) is 15.7 Å². The summed E-state index contributed by atoms with van der Waals surface area (Å²) in [4.78, 5) is 24.7. The van der Waals surface area contributed by atoms with Gasteiger partial charge < -0.3 is 15.4 Å². The van der Waals surface area contributed by atoms with Gasteiger partial charge in [-0.25, -0.2) is 4.39 Å². The molecule has 1 aliphatic rings. The van der Waals surface area contributed by atoms with E-state index in [1.807, 2.05) is 12.3 Å². The fraction of sp³-hybridized carbons (Fsp3) is 0.190. The molecule has 2 amide bonds. The number of amides is 2. The second kappa shape index (κ2) is 8.14. The predicted molar refractivity (Wildman–Crippen MR) is 105 cm³/mol. The highest BCUT2D eigenvalue weighted by Crippen LogP contribution is 2.33. The average molecular weight is 394 g/mol. The van der Waals surface area contributed by atoms with Gasteiger partial charge in [-0.05, 0) is 35.9 Å². The Balaban J connectivity index is 1.43. The van der Waals surface area contributed by atoms with Crippen LogP contribution in [0.5, 0.6) is 5.75 Å². The Hall–Kier alpha value is -3.68. The molecule has 2 heterocycles. The number of carbonyl (C=O) groups is 2. The van der Waals surface area contributed by atoms with Crippen LogP contribution in [0, 0.1) is 5.82 Å². The Morgan fingerprint density at radius 1 is 1.28 bits per heavy atom. The van der Waals surface area contributed by atoms with Crippen molar-refractivity contribution in [1.82, 2.24) is 9.78 Å². The standard InChI is InChI=1S/C21H19FN4O3/c22-14-5-6-17-18(13-20(27)25-19(17)11-14)21(28)24-15-3-1-4-16(12-15)29-10-9-26-8-2-7-23-26/h1-8,11-12,18H,9-10,13H2,(H,24,28)(H,25,27). The van der Waals surface area contributed by atoms with Crippen LogP contribution in [-0.4, -0.2) is 28.2 Å². The SMILES string of the molecule is O=C1CC(C(=O)Nc2cccc(OCCn3cccn3)c2)c2ccc(F)cc2N1. The molecule has 0 radical (unpaired) electrons. The third-order valence-corrected chi connectivity index (χ3v) is 4.62. The van der Waals surface area contributed by atoms with E-state index in [1.54, 1.807) is 35.1 Å². The maximum atomic E-state index is 13.5. The van der Waals surface area contributed by atoms with Crippen LogP contribution in [-0.2, 0) is 16.1 Å².